The van der Waals surface area contributed by atoms with Crippen LogP contribution in [0.15, 0.2) is 45.5 Å². The van der Waals surface area contributed by atoms with Gasteiger partial charge in [0, 0.05) is 6.54 Å². The zero-order chi connectivity index (χ0) is 16.8. The number of carboxylic acid groups (broad SMARTS) is 1. The minimum atomic E-state index is -0.991. The number of para-hydroxylation sites is 1. The Hall–Kier alpha value is -2.28. The minimum Gasteiger partial charge on any atom is -0.496 e. The van der Waals surface area contributed by atoms with E-state index in [1.165, 1.54) is 13.4 Å². The maximum absolute atomic E-state index is 12.0. The number of halogens is 1. The molecule has 0 radical (unpaired) electrons. The number of carboxylic acids is 1. The van der Waals surface area contributed by atoms with Crippen LogP contribution in [0.3, 0.4) is 0 Å². The lowest BCUT2D eigenvalue weighted by Crippen LogP contribution is -2.34. The fourth-order valence-electron chi connectivity index (χ4n) is 2.14. The van der Waals surface area contributed by atoms with E-state index in [0.717, 1.165) is 5.56 Å². The molecule has 0 aliphatic heterocycles. The van der Waals surface area contributed by atoms with Crippen molar-refractivity contribution in [3.63, 3.8) is 0 Å². The van der Waals surface area contributed by atoms with Crippen LogP contribution in [0.4, 0.5) is 0 Å². The second-order valence-corrected chi connectivity index (χ2v) is 5.71. The predicted octanol–water partition coefficient (Wildman–Crippen LogP) is 2.72. The molecule has 1 unspecified atom stereocenters. The summed E-state index contributed by atoms with van der Waals surface area (Å²) in [5.74, 6) is -1.49. The topological polar surface area (TPSA) is 88.8 Å². The molecule has 2 rings (SSSR count). The Morgan fingerprint density at radius 1 is 1.35 bits per heavy atom. The van der Waals surface area contributed by atoms with Gasteiger partial charge in [0.1, 0.15) is 5.75 Å². The fraction of sp³-hybridized carbons (Fsp3) is 0.250. The molecule has 6 nitrogen and oxygen atoms in total. The number of aliphatic carboxylic acids is 1. The number of hydrogen-bond acceptors (Lipinski definition) is 4. The summed E-state index contributed by atoms with van der Waals surface area (Å²) < 4.78 is 10.8. The van der Waals surface area contributed by atoms with Crippen molar-refractivity contribution in [3.05, 3.63) is 52.4 Å². The van der Waals surface area contributed by atoms with Crippen molar-refractivity contribution in [2.45, 2.75) is 6.42 Å². The van der Waals surface area contributed by atoms with Crippen LogP contribution >= 0.6 is 15.9 Å². The summed E-state index contributed by atoms with van der Waals surface area (Å²) in [4.78, 5) is 23.4. The van der Waals surface area contributed by atoms with E-state index in [2.05, 4.69) is 21.2 Å². The first-order valence-corrected chi connectivity index (χ1v) is 7.68. The molecule has 0 spiro atoms. The summed E-state index contributed by atoms with van der Waals surface area (Å²) in [5, 5.41) is 12.0. The van der Waals surface area contributed by atoms with E-state index in [1.54, 1.807) is 18.2 Å². The van der Waals surface area contributed by atoms with Gasteiger partial charge in [-0.15, -0.1) is 0 Å². The van der Waals surface area contributed by atoms with Gasteiger partial charge in [-0.3, -0.25) is 9.59 Å². The molecule has 0 aliphatic carbocycles. The number of hydrogen-bond donors (Lipinski definition) is 2. The number of amides is 1. The monoisotopic (exact) mass is 381 g/mol. The van der Waals surface area contributed by atoms with Crippen LogP contribution in [-0.2, 0) is 11.2 Å². The minimum absolute atomic E-state index is 0.0145. The Bertz CT molecular complexity index is 697. The molecule has 122 valence electrons. The van der Waals surface area contributed by atoms with E-state index in [0.29, 0.717) is 10.2 Å². The lowest BCUT2D eigenvalue weighted by molar-refractivity contribution is -0.141. The van der Waals surface area contributed by atoms with Crippen molar-refractivity contribution in [2.75, 3.05) is 13.7 Å². The molecule has 1 aromatic carbocycles. The van der Waals surface area contributed by atoms with Crippen LogP contribution in [-0.4, -0.2) is 30.6 Å². The van der Waals surface area contributed by atoms with Crippen LogP contribution in [0.1, 0.15) is 16.1 Å². The lowest BCUT2D eigenvalue weighted by atomic mass is 9.98. The Balaban J connectivity index is 2.03. The summed E-state index contributed by atoms with van der Waals surface area (Å²) >= 11 is 3.19. The van der Waals surface area contributed by atoms with Crippen molar-refractivity contribution in [1.29, 1.82) is 0 Å². The van der Waals surface area contributed by atoms with E-state index in [9.17, 15) is 14.7 Å². The van der Waals surface area contributed by atoms with Gasteiger partial charge >= 0.3 is 5.97 Å². The maximum Gasteiger partial charge on any atom is 0.308 e. The second-order valence-electron chi connectivity index (χ2n) is 4.86. The largest absolute Gasteiger partial charge is 0.496 e. The van der Waals surface area contributed by atoms with Crippen LogP contribution in [0.2, 0.25) is 0 Å². The maximum atomic E-state index is 12.0. The van der Waals surface area contributed by atoms with E-state index >= 15 is 0 Å². The van der Waals surface area contributed by atoms with Gasteiger partial charge < -0.3 is 19.6 Å². The Labute approximate surface area is 141 Å². The van der Waals surface area contributed by atoms with E-state index in [-0.39, 0.29) is 18.7 Å². The molecule has 1 heterocycles. The number of carbonyl (C=O) groups is 2. The molecule has 1 atom stereocenters. The first-order chi connectivity index (χ1) is 11.0. The van der Waals surface area contributed by atoms with Crippen molar-refractivity contribution in [3.8, 4) is 5.75 Å². The van der Waals surface area contributed by atoms with Gasteiger partial charge in [0.15, 0.2) is 0 Å². The summed E-state index contributed by atoms with van der Waals surface area (Å²) in [6.07, 6.45) is 1.63. The molecule has 1 amide bonds. The molecular formula is C16H16BrNO5. The zero-order valence-electron chi connectivity index (χ0n) is 12.4. The fourth-order valence-corrected chi connectivity index (χ4v) is 2.52. The van der Waals surface area contributed by atoms with Crippen LogP contribution in [0.5, 0.6) is 5.75 Å². The Kier molecular flexibility index (Phi) is 5.81. The number of ether oxygens (including phenoxy) is 1. The quantitative estimate of drug-likeness (QED) is 0.769. The van der Waals surface area contributed by atoms with E-state index < -0.39 is 17.8 Å². The van der Waals surface area contributed by atoms with Gasteiger partial charge in [-0.1, -0.05) is 18.2 Å². The van der Waals surface area contributed by atoms with Crippen LogP contribution < -0.4 is 10.1 Å². The second kappa shape index (κ2) is 7.82. The molecule has 1 aromatic heterocycles. The molecule has 0 aliphatic rings. The molecule has 2 aromatic rings. The Morgan fingerprint density at radius 3 is 2.70 bits per heavy atom. The number of carbonyl (C=O) groups excluding carboxylic acids is 1. The lowest BCUT2D eigenvalue weighted by Gasteiger charge is -2.15. The Morgan fingerprint density at radius 2 is 2.09 bits per heavy atom. The zero-order valence-corrected chi connectivity index (χ0v) is 14.0. The molecule has 0 fully saturated rings. The first-order valence-electron chi connectivity index (χ1n) is 6.88. The van der Waals surface area contributed by atoms with Gasteiger partial charge in [-0.2, -0.15) is 0 Å². The highest BCUT2D eigenvalue weighted by atomic mass is 79.9. The standard InChI is InChI=1S/C16H16BrNO5/c1-22-13-5-3-2-4-10(13)8-11(16(20)21)9-18-15(19)14-12(17)6-7-23-14/h2-7,11H,8-9H2,1H3,(H,18,19)(H,20,21). The van der Waals surface area contributed by atoms with E-state index in [4.69, 9.17) is 9.15 Å². The third-order valence-corrected chi connectivity index (χ3v) is 3.96. The number of rotatable bonds is 7. The van der Waals surface area contributed by atoms with Gasteiger partial charge in [-0.25, -0.2) is 0 Å². The summed E-state index contributed by atoms with van der Waals surface area (Å²) in [6, 6.07) is 8.80. The average molecular weight is 382 g/mol. The molecular weight excluding hydrogens is 366 g/mol. The van der Waals surface area contributed by atoms with Gasteiger partial charge in [-0.05, 0) is 40.0 Å². The number of nitrogens with one attached hydrogen (secondary N) is 1. The van der Waals surface area contributed by atoms with Crippen molar-refractivity contribution in [2.24, 2.45) is 5.92 Å². The normalized spacial score (nSPS) is 11.7. The molecule has 2 N–H and O–H groups in total. The SMILES string of the molecule is COc1ccccc1CC(CNC(=O)c1occc1Br)C(=O)O. The van der Waals surface area contributed by atoms with Crippen molar-refractivity contribution in [1.82, 2.24) is 5.32 Å². The average Bonchev–Trinajstić information content (AvgIpc) is 2.97. The highest BCUT2D eigenvalue weighted by Crippen LogP contribution is 2.21. The van der Waals surface area contributed by atoms with Crippen molar-refractivity contribution < 1.29 is 23.8 Å². The third-order valence-electron chi connectivity index (χ3n) is 3.34. The van der Waals surface area contributed by atoms with Gasteiger partial charge in [0.25, 0.3) is 5.91 Å². The molecule has 23 heavy (non-hydrogen) atoms. The number of methoxy groups -OCH3 is 1. The molecule has 7 heteroatoms. The first kappa shape index (κ1) is 17.1. The predicted molar refractivity (Wildman–Crippen MR) is 86.6 cm³/mol. The van der Waals surface area contributed by atoms with Crippen LogP contribution in [0.25, 0.3) is 0 Å². The van der Waals surface area contributed by atoms with Crippen molar-refractivity contribution >= 4 is 27.8 Å². The number of furan rings is 1. The van der Waals surface area contributed by atoms with Gasteiger partial charge in [0.2, 0.25) is 5.76 Å². The molecule has 0 saturated carbocycles. The summed E-state index contributed by atoms with van der Waals surface area (Å²) in [5.41, 5.74) is 0.774. The summed E-state index contributed by atoms with van der Waals surface area (Å²) in [6.45, 7) is -0.0145. The van der Waals surface area contributed by atoms with E-state index in [1.807, 2.05) is 12.1 Å². The summed E-state index contributed by atoms with van der Waals surface area (Å²) in [7, 11) is 1.53. The molecule has 0 saturated heterocycles. The molecule has 0 bridgehead atoms. The van der Waals surface area contributed by atoms with Gasteiger partial charge in [0.05, 0.1) is 23.8 Å². The van der Waals surface area contributed by atoms with Crippen LogP contribution in [0, 0.1) is 5.92 Å². The highest BCUT2D eigenvalue weighted by Gasteiger charge is 2.22. The third kappa shape index (κ3) is 4.35. The number of benzene rings is 1. The smallest absolute Gasteiger partial charge is 0.308 e. The highest BCUT2D eigenvalue weighted by molar-refractivity contribution is 9.10.